The highest BCUT2D eigenvalue weighted by Crippen LogP contribution is 2.40. The van der Waals surface area contributed by atoms with Gasteiger partial charge in [0.2, 0.25) is 5.91 Å². The van der Waals surface area contributed by atoms with E-state index in [0.29, 0.717) is 0 Å². The average Bonchev–Trinajstić information content (AvgIpc) is 2.39. The Balaban J connectivity index is 2.63. The van der Waals surface area contributed by atoms with Gasteiger partial charge in [0.05, 0.1) is 0 Å². The van der Waals surface area contributed by atoms with Crippen molar-refractivity contribution in [2.75, 3.05) is 0 Å². The van der Waals surface area contributed by atoms with Crippen molar-refractivity contribution in [1.82, 2.24) is 4.98 Å². The number of halogens is 3. The predicted octanol–water partition coefficient (Wildman–Crippen LogP) is 2.87. The van der Waals surface area contributed by atoms with Crippen molar-refractivity contribution >= 4 is 5.91 Å². The summed E-state index contributed by atoms with van der Waals surface area (Å²) in [6, 6.07) is 8.54. The minimum Gasteiger partial charge on any atom is -0.366 e. The zero-order valence-electron chi connectivity index (χ0n) is 10.3. The molecule has 0 bridgehead atoms. The lowest BCUT2D eigenvalue weighted by molar-refractivity contribution is -0.141. The number of amides is 1. The number of pyridine rings is 1. The Morgan fingerprint density at radius 1 is 1.15 bits per heavy atom. The molecule has 3 nitrogen and oxygen atoms in total. The monoisotopic (exact) mass is 280 g/mol. The number of hydrogen-bond donors (Lipinski definition) is 1. The summed E-state index contributed by atoms with van der Waals surface area (Å²) >= 11 is 0. The number of primary amides is 1. The summed E-state index contributed by atoms with van der Waals surface area (Å²) in [5, 5.41) is 0. The van der Waals surface area contributed by atoms with Crippen LogP contribution in [0.1, 0.15) is 27.4 Å². The zero-order valence-corrected chi connectivity index (χ0v) is 10.3. The third-order valence-electron chi connectivity index (χ3n) is 2.89. The van der Waals surface area contributed by atoms with Crippen LogP contribution in [0.2, 0.25) is 0 Å². The van der Waals surface area contributed by atoms with Crippen molar-refractivity contribution in [2.24, 2.45) is 5.73 Å². The molecule has 0 saturated carbocycles. The van der Waals surface area contributed by atoms with Crippen molar-refractivity contribution in [2.45, 2.75) is 12.1 Å². The Hall–Kier alpha value is -2.37. The molecule has 1 aromatic carbocycles. The standard InChI is InChI=1S/C14H11F3N2O/c15-14(16,17)12(9-4-2-1-3-5-9)11-8-19-7-6-10(11)13(18)20/h1-8,12H,(H2,18,20). The van der Waals surface area contributed by atoms with Crippen molar-refractivity contribution in [1.29, 1.82) is 0 Å². The van der Waals surface area contributed by atoms with Gasteiger partial charge in [-0.25, -0.2) is 0 Å². The number of carbonyl (C=O) groups is 1. The Morgan fingerprint density at radius 3 is 2.35 bits per heavy atom. The number of aromatic nitrogens is 1. The maximum Gasteiger partial charge on any atom is 0.399 e. The van der Waals surface area contributed by atoms with E-state index in [1.165, 1.54) is 36.5 Å². The molecular formula is C14H11F3N2O. The van der Waals surface area contributed by atoms with Crippen LogP contribution in [0.4, 0.5) is 13.2 Å². The second-order valence-electron chi connectivity index (χ2n) is 4.21. The van der Waals surface area contributed by atoms with Crippen LogP contribution in [0.3, 0.4) is 0 Å². The third-order valence-corrected chi connectivity index (χ3v) is 2.89. The van der Waals surface area contributed by atoms with Crippen LogP contribution in [0.25, 0.3) is 0 Å². The number of alkyl halides is 3. The summed E-state index contributed by atoms with van der Waals surface area (Å²) < 4.78 is 40.1. The molecule has 1 heterocycles. The summed E-state index contributed by atoms with van der Waals surface area (Å²) in [6.07, 6.45) is -2.28. The Kier molecular flexibility index (Phi) is 3.74. The summed E-state index contributed by atoms with van der Waals surface area (Å²) in [6.45, 7) is 0. The first-order valence-electron chi connectivity index (χ1n) is 5.76. The number of nitrogens with zero attached hydrogens (tertiary/aromatic N) is 1. The van der Waals surface area contributed by atoms with Crippen molar-refractivity contribution in [3.63, 3.8) is 0 Å². The van der Waals surface area contributed by atoms with Crippen molar-refractivity contribution in [3.05, 3.63) is 65.5 Å². The second kappa shape index (κ2) is 5.32. The van der Waals surface area contributed by atoms with Crippen molar-refractivity contribution in [3.8, 4) is 0 Å². The Bertz CT molecular complexity index is 611. The highest BCUT2D eigenvalue weighted by atomic mass is 19.4. The largest absolute Gasteiger partial charge is 0.399 e. The molecular weight excluding hydrogens is 269 g/mol. The number of nitrogens with two attached hydrogens (primary N) is 1. The first-order chi connectivity index (χ1) is 9.41. The van der Waals surface area contributed by atoms with E-state index in [-0.39, 0.29) is 16.7 Å². The van der Waals surface area contributed by atoms with E-state index >= 15 is 0 Å². The van der Waals surface area contributed by atoms with Gasteiger partial charge in [-0.3, -0.25) is 9.78 Å². The molecule has 20 heavy (non-hydrogen) atoms. The molecule has 0 spiro atoms. The molecule has 1 amide bonds. The van der Waals surface area contributed by atoms with Crippen LogP contribution in [0.15, 0.2) is 48.8 Å². The fraction of sp³-hybridized carbons (Fsp3) is 0.143. The van der Waals surface area contributed by atoms with Gasteiger partial charge in [-0.2, -0.15) is 13.2 Å². The molecule has 2 rings (SSSR count). The van der Waals surface area contributed by atoms with E-state index in [1.807, 2.05) is 0 Å². The molecule has 1 aromatic heterocycles. The van der Waals surface area contributed by atoms with Crippen LogP contribution in [0.5, 0.6) is 0 Å². The van der Waals surface area contributed by atoms with Gasteiger partial charge >= 0.3 is 6.18 Å². The molecule has 0 radical (unpaired) electrons. The van der Waals surface area contributed by atoms with Crippen LogP contribution >= 0.6 is 0 Å². The van der Waals surface area contributed by atoms with E-state index in [9.17, 15) is 18.0 Å². The SMILES string of the molecule is NC(=O)c1ccncc1C(c1ccccc1)C(F)(F)F. The van der Waals surface area contributed by atoms with Gasteiger partial charge in [-0.05, 0) is 17.2 Å². The van der Waals surface area contributed by atoms with Gasteiger partial charge in [-0.1, -0.05) is 30.3 Å². The van der Waals surface area contributed by atoms with E-state index in [2.05, 4.69) is 4.98 Å². The normalized spacial score (nSPS) is 12.9. The van der Waals surface area contributed by atoms with Gasteiger partial charge in [0.1, 0.15) is 5.92 Å². The summed E-state index contributed by atoms with van der Waals surface area (Å²) in [7, 11) is 0. The van der Waals surface area contributed by atoms with Crippen LogP contribution in [-0.2, 0) is 0 Å². The van der Waals surface area contributed by atoms with E-state index in [1.54, 1.807) is 6.07 Å². The Labute approximate surface area is 113 Å². The smallest absolute Gasteiger partial charge is 0.366 e. The van der Waals surface area contributed by atoms with Crippen LogP contribution in [-0.4, -0.2) is 17.1 Å². The number of rotatable bonds is 3. The second-order valence-corrected chi connectivity index (χ2v) is 4.21. The van der Waals surface area contributed by atoms with E-state index in [4.69, 9.17) is 5.73 Å². The molecule has 1 unspecified atom stereocenters. The van der Waals surface area contributed by atoms with Crippen LogP contribution < -0.4 is 5.73 Å². The van der Waals surface area contributed by atoms with Gasteiger partial charge in [0, 0.05) is 18.0 Å². The average molecular weight is 280 g/mol. The van der Waals surface area contributed by atoms with Crippen LogP contribution in [0, 0.1) is 0 Å². The molecule has 0 aliphatic rings. The van der Waals surface area contributed by atoms with E-state index in [0.717, 1.165) is 6.20 Å². The molecule has 104 valence electrons. The van der Waals surface area contributed by atoms with Gasteiger partial charge in [0.15, 0.2) is 0 Å². The van der Waals surface area contributed by atoms with Gasteiger partial charge in [0.25, 0.3) is 0 Å². The minimum absolute atomic E-state index is 0.0375. The molecule has 2 aromatic rings. The maximum atomic E-state index is 13.4. The van der Waals surface area contributed by atoms with Gasteiger partial charge in [-0.15, -0.1) is 0 Å². The fourth-order valence-electron chi connectivity index (χ4n) is 2.05. The summed E-state index contributed by atoms with van der Waals surface area (Å²) in [5.41, 5.74) is 4.77. The van der Waals surface area contributed by atoms with Crippen molar-refractivity contribution < 1.29 is 18.0 Å². The highest BCUT2D eigenvalue weighted by Gasteiger charge is 2.43. The topological polar surface area (TPSA) is 56.0 Å². The molecule has 0 aliphatic heterocycles. The molecule has 1 atom stereocenters. The van der Waals surface area contributed by atoms with E-state index < -0.39 is 18.0 Å². The molecule has 0 fully saturated rings. The maximum absolute atomic E-state index is 13.4. The lowest BCUT2D eigenvalue weighted by atomic mass is 9.88. The lowest BCUT2D eigenvalue weighted by Gasteiger charge is -2.22. The number of carbonyl (C=O) groups excluding carboxylic acids is 1. The molecule has 0 saturated heterocycles. The number of hydrogen-bond acceptors (Lipinski definition) is 2. The quantitative estimate of drug-likeness (QED) is 0.939. The first kappa shape index (κ1) is 14.0. The van der Waals surface area contributed by atoms with Gasteiger partial charge < -0.3 is 5.73 Å². The zero-order chi connectivity index (χ0) is 14.8. The summed E-state index contributed by atoms with van der Waals surface area (Å²) in [5.74, 6) is -2.84. The summed E-state index contributed by atoms with van der Waals surface area (Å²) in [4.78, 5) is 15.0. The minimum atomic E-state index is -4.55. The Morgan fingerprint density at radius 2 is 1.80 bits per heavy atom. The predicted molar refractivity (Wildman–Crippen MR) is 67.1 cm³/mol. The molecule has 0 aliphatic carbocycles. The third kappa shape index (κ3) is 2.79. The highest BCUT2D eigenvalue weighted by molar-refractivity contribution is 5.94. The first-order valence-corrected chi connectivity index (χ1v) is 5.76. The molecule has 6 heteroatoms. The fourth-order valence-corrected chi connectivity index (χ4v) is 2.05. The number of benzene rings is 1. The lowest BCUT2D eigenvalue weighted by Crippen LogP contribution is -2.25. The molecule has 2 N–H and O–H groups in total.